The van der Waals surface area contributed by atoms with E-state index < -0.39 is 11.9 Å². The first kappa shape index (κ1) is 18.0. The summed E-state index contributed by atoms with van der Waals surface area (Å²) in [5, 5.41) is 20.7. The minimum atomic E-state index is -0.899. The zero-order valence-corrected chi connectivity index (χ0v) is 15.7. The van der Waals surface area contributed by atoms with Crippen LogP contribution < -0.4 is 0 Å². The topological polar surface area (TPSA) is 98.1 Å². The molecule has 0 aliphatic rings. The Bertz CT molecular complexity index is 1360. The smallest absolute Gasteiger partial charge is 0.261 e. The highest BCUT2D eigenvalue weighted by Gasteiger charge is 2.20. The number of rotatable bonds is 4. The minimum absolute atomic E-state index is 0.0127. The van der Waals surface area contributed by atoms with Crippen molar-refractivity contribution in [1.82, 2.24) is 40.4 Å². The molecule has 30 heavy (non-hydrogen) atoms. The number of hydrogen-bond acceptors (Lipinski definition) is 6. The Labute approximate surface area is 168 Å². The van der Waals surface area contributed by atoms with Crippen LogP contribution >= 0.6 is 0 Å². The zero-order chi connectivity index (χ0) is 20.7. The lowest BCUT2D eigenvalue weighted by Crippen LogP contribution is -2.06. The number of benzene rings is 2. The molecule has 0 amide bonds. The van der Waals surface area contributed by atoms with Gasteiger partial charge in [-0.05, 0) is 28.8 Å². The summed E-state index contributed by atoms with van der Waals surface area (Å²) in [7, 11) is 0. The van der Waals surface area contributed by atoms with E-state index in [4.69, 9.17) is 0 Å². The fourth-order valence-electron chi connectivity index (χ4n) is 3.57. The molecule has 0 aliphatic heterocycles. The maximum absolute atomic E-state index is 14.4. The number of H-pyrrole nitrogens is 1. The van der Waals surface area contributed by atoms with E-state index >= 15 is 0 Å². The summed E-state index contributed by atoms with van der Waals surface area (Å²) < 4.78 is 30.0. The third-order valence-corrected chi connectivity index (χ3v) is 4.92. The van der Waals surface area contributed by atoms with Gasteiger partial charge in [-0.2, -0.15) is 14.0 Å². The van der Waals surface area contributed by atoms with Gasteiger partial charge in [0.25, 0.3) is 11.9 Å². The van der Waals surface area contributed by atoms with Crippen molar-refractivity contribution in [2.45, 2.75) is 13.5 Å². The maximum atomic E-state index is 14.4. The molecule has 3 heterocycles. The van der Waals surface area contributed by atoms with Crippen molar-refractivity contribution in [3.05, 3.63) is 71.8 Å². The van der Waals surface area contributed by atoms with Gasteiger partial charge < -0.3 is 4.57 Å². The molecule has 0 aliphatic carbocycles. The molecule has 8 nitrogen and oxygen atoms in total. The van der Waals surface area contributed by atoms with Crippen LogP contribution in [0.15, 0.2) is 48.5 Å². The van der Waals surface area contributed by atoms with E-state index in [0.29, 0.717) is 11.6 Å². The normalized spacial score (nSPS) is 11.3. The third-order valence-electron chi connectivity index (χ3n) is 4.92. The first-order chi connectivity index (χ1) is 14.6. The number of aryl methyl sites for hydroxylation is 1. The van der Waals surface area contributed by atoms with Crippen LogP contribution in [0.4, 0.5) is 8.78 Å². The fraction of sp³-hybridized carbons (Fsp3) is 0.100. The first-order valence-corrected chi connectivity index (χ1v) is 9.09. The molecule has 0 bridgehead atoms. The number of hydrogen-bond donors (Lipinski definition) is 1. The summed E-state index contributed by atoms with van der Waals surface area (Å²) in [5.41, 5.74) is 3.33. The Morgan fingerprint density at radius 3 is 2.33 bits per heavy atom. The van der Waals surface area contributed by atoms with Crippen LogP contribution in [0.5, 0.6) is 0 Å². The van der Waals surface area contributed by atoms with Crippen LogP contribution in [0.1, 0.15) is 11.4 Å². The number of nitrogens with one attached hydrogen (secondary N) is 1. The maximum Gasteiger partial charge on any atom is 0.261 e. The zero-order valence-electron chi connectivity index (χ0n) is 15.7. The molecule has 148 valence electrons. The van der Waals surface area contributed by atoms with Gasteiger partial charge in [0.2, 0.25) is 5.82 Å². The van der Waals surface area contributed by atoms with E-state index in [1.54, 1.807) is 11.5 Å². The van der Waals surface area contributed by atoms with Gasteiger partial charge >= 0.3 is 0 Å². The summed E-state index contributed by atoms with van der Waals surface area (Å²) in [6.45, 7) is 1.95. The first-order valence-electron chi connectivity index (χ1n) is 9.09. The van der Waals surface area contributed by atoms with E-state index in [1.165, 1.54) is 0 Å². The van der Waals surface area contributed by atoms with Crippen molar-refractivity contribution < 1.29 is 8.78 Å². The summed E-state index contributed by atoms with van der Waals surface area (Å²) >= 11 is 0. The van der Waals surface area contributed by atoms with Gasteiger partial charge in [-0.1, -0.05) is 48.5 Å². The Morgan fingerprint density at radius 2 is 1.57 bits per heavy atom. The van der Waals surface area contributed by atoms with Crippen molar-refractivity contribution >= 4 is 11.0 Å². The second kappa shape index (κ2) is 7.07. The predicted octanol–water partition coefficient (Wildman–Crippen LogP) is 3.31. The summed E-state index contributed by atoms with van der Waals surface area (Å²) in [6.07, 6.45) is 0. The van der Waals surface area contributed by atoms with E-state index in [1.807, 2.05) is 48.5 Å². The lowest BCUT2D eigenvalue weighted by atomic mass is 9.95. The molecule has 1 N–H and O–H groups in total. The molecule has 3 aromatic heterocycles. The number of halogens is 2. The highest BCUT2D eigenvalue weighted by molar-refractivity contribution is 5.82. The third kappa shape index (κ3) is 2.89. The Balaban J connectivity index is 1.67. The number of imidazole rings is 1. The van der Waals surface area contributed by atoms with Gasteiger partial charge in [0.1, 0.15) is 11.3 Å². The van der Waals surface area contributed by atoms with Crippen LogP contribution in [0.3, 0.4) is 0 Å². The number of nitrogens with zero attached hydrogens (tertiary/aromatic N) is 7. The van der Waals surface area contributed by atoms with Crippen LogP contribution in [0, 0.1) is 18.8 Å². The second-order valence-corrected chi connectivity index (χ2v) is 6.66. The lowest BCUT2D eigenvalue weighted by Gasteiger charge is -2.14. The molecule has 5 aromatic rings. The van der Waals surface area contributed by atoms with Gasteiger partial charge in [-0.15, -0.1) is 20.4 Å². The van der Waals surface area contributed by atoms with E-state index in [-0.39, 0.29) is 17.6 Å². The molecule has 0 unspecified atom stereocenters. The fourth-order valence-corrected chi connectivity index (χ4v) is 3.57. The average molecular weight is 404 g/mol. The van der Waals surface area contributed by atoms with Gasteiger partial charge in [-0.3, -0.25) is 0 Å². The predicted molar refractivity (Wildman–Crippen MR) is 104 cm³/mol. The SMILES string of the molecule is Cc1nc2c(F)nnc(F)c2n1Cc1ccccc1-c1ccccc1-c1nn[nH]n1. The molecule has 2 aromatic carbocycles. The molecule has 0 radical (unpaired) electrons. The van der Waals surface area contributed by atoms with Gasteiger partial charge in [0.05, 0.1) is 6.54 Å². The minimum Gasteiger partial charge on any atom is -0.320 e. The Morgan fingerprint density at radius 1 is 0.867 bits per heavy atom. The van der Waals surface area contributed by atoms with Gasteiger partial charge in [-0.25, -0.2) is 4.98 Å². The highest BCUT2D eigenvalue weighted by Crippen LogP contribution is 2.33. The summed E-state index contributed by atoms with van der Waals surface area (Å²) in [4.78, 5) is 4.14. The molecule has 0 saturated carbocycles. The van der Waals surface area contributed by atoms with E-state index in [9.17, 15) is 8.78 Å². The number of fused-ring (bicyclic) bond motifs is 1. The van der Waals surface area contributed by atoms with Crippen molar-refractivity contribution in [1.29, 1.82) is 0 Å². The van der Waals surface area contributed by atoms with Crippen molar-refractivity contribution in [2.75, 3.05) is 0 Å². The van der Waals surface area contributed by atoms with Crippen LogP contribution in [0.25, 0.3) is 33.5 Å². The molecule has 0 spiro atoms. The second-order valence-electron chi connectivity index (χ2n) is 6.66. The average Bonchev–Trinajstić information content (AvgIpc) is 3.41. The van der Waals surface area contributed by atoms with Crippen molar-refractivity contribution in [2.24, 2.45) is 0 Å². The standard InChI is InChI=1S/C20H14F2N8/c1-11-23-16-17(19(22)25-24-18(16)21)30(11)10-12-6-2-3-7-13(12)14-8-4-5-9-15(14)20-26-28-29-27-20/h2-9H,10H2,1H3,(H,26,27,28,29). The molecule has 0 atom stereocenters. The highest BCUT2D eigenvalue weighted by atomic mass is 19.1. The molecule has 0 saturated heterocycles. The molecule has 10 heteroatoms. The monoisotopic (exact) mass is 404 g/mol. The van der Waals surface area contributed by atoms with Crippen molar-refractivity contribution in [3.8, 4) is 22.5 Å². The van der Waals surface area contributed by atoms with E-state index in [0.717, 1.165) is 22.3 Å². The molecular formula is C20H14F2N8. The van der Waals surface area contributed by atoms with E-state index in [2.05, 4.69) is 35.8 Å². The van der Waals surface area contributed by atoms with Crippen LogP contribution in [-0.2, 0) is 6.54 Å². The Kier molecular flexibility index (Phi) is 4.24. The van der Waals surface area contributed by atoms with Crippen LogP contribution in [-0.4, -0.2) is 40.4 Å². The molecule has 5 rings (SSSR count). The number of tetrazole rings is 1. The number of aromatic nitrogens is 8. The summed E-state index contributed by atoms with van der Waals surface area (Å²) in [5.74, 6) is -0.840. The van der Waals surface area contributed by atoms with Gasteiger partial charge in [0.15, 0.2) is 5.52 Å². The Hall–Kier alpha value is -4.08. The lowest BCUT2D eigenvalue weighted by molar-refractivity contribution is 0.519. The molecular weight excluding hydrogens is 390 g/mol. The largest absolute Gasteiger partial charge is 0.320 e. The van der Waals surface area contributed by atoms with Crippen LogP contribution in [0.2, 0.25) is 0 Å². The summed E-state index contributed by atoms with van der Waals surface area (Å²) in [6, 6.07) is 15.3. The quantitative estimate of drug-likeness (QED) is 0.494. The van der Waals surface area contributed by atoms with Gasteiger partial charge in [0, 0.05) is 5.56 Å². The number of aromatic amines is 1. The molecule has 0 fully saturated rings. The van der Waals surface area contributed by atoms with Crippen molar-refractivity contribution in [3.63, 3.8) is 0 Å².